The van der Waals surface area contributed by atoms with Gasteiger partial charge in [-0.25, -0.2) is 9.67 Å². The third-order valence-corrected chi connectivity index (χ3v) is 2.74. The molecular weight excluding hydrogens is 212 g/mol. The zero-order chi connectivity index (χ0) is 12.3. The van der Waals surface area contributed by atoms with Crippen molar-refractivity contribution in [3.8, 4) is 11.4 Å². The van der Waals surface area contributed by atoms with Crippen LogP contribution < -0.4 is 5.73 Å². The number of aromatic nitrogens is 3. The Morgan fingerprint density at radius 1 is 1.35 bits per heavy atom. The Bertz CT molecular complexity index is 502. The van der Waals surface area contributed by atoms with Gasteiger partial charge < -0.3 is 5.73 Å². The molecule has 0 aliphatic rings. The van der Waals surface area contributed by atoms with Crippen molar-refractivity contribution in [3.05, 3.63) is 35.7 Å². The minimum absolute atomic E-state index is 0.669. The maximum absolute atomic E-state index is 5.57. The van der Waals surface area contributed by atoms with Gasteiger partial charge in [-0.2, -0.15) is 5.10 Å². The number of nitrogens with zero attached hydrogens (tertiary/aromatic N) is 3. The first kappa shape index (κ1) is 11.8. The molecule has 2 aromatic rings. The van der Waals surface area contributed by atoms with Crippen LogP contribution in [0, 0.1) is 0 Å². The van der Waals surface area contributed by atoms with E-state index < -0.39 is 0 Å². The molecule has 0 atom stereocenters. The zero-order valence-electron chi connectivity index (χ0n) is 10.3. The van der Waals surface area contributed by atoms with E-state index in [1.165, 1.54) is 5.56 Å². The van der Waals surface area contributed by atoms with E-state index in [4.69, 9.17) is 5.73 Å². The van der Waals surface area contributed by atoms with Gasteiger partial charge in [0.15, 0.2) is 11.6 Å². The lowest BCUT2D eigenvalue weighted by atomic mass is 10.1. The highest BCUT2D eigenvalue weighted by Crippen LogP contribution is 2.18. The molecule has 2 N–H and O–H groups in total. The summed E-state index contributed by atoms with van der Waals surface area (Å²) in [6.07, 6.45) is 1.75. The predicted octanol–water partition coefficient (Wildman–Crippen LogP) is 1.55. The van der Waals surface area contributed by atoms with Crippen LogP contribution in [0.3, 0.4) is 0 Å². The zero-order valence-corrected chi connectivity index (χ0v) is 10.3. The highest BCUT2D eigenvalue weighted by molar-refractivity contribution is 5.56. The molecule has 0 spiro atoms. The summed E-state index contributed by atoms with van der Waals surface area (Å²) < 4.78 is 1.83. The van der Waals surface area contributed by atoms with Crippen molar-refractivity contribution in [2.24, 2.45) is 12.8 Å². The fourth-order valence-corrected chi connectivity index (χ4v) is 1.87. The van der Waals surface area contributed by atoms with Gasteiger partial charge in [-0.1, -0.05) is 25.1 Å². The molecule has 4 heteroatoms. The lowest BCUT2D eigenvalue weighted by Gasteiger charge is -2.03. The Labute approximate surface area is 101 Å². The fraction of sp³-hybridized carbons (Fsp3) is 0.385. The number of nitrogens with two attached hydrogens (primary N) is 1. The lowest BCUT2D eigenvalue weighted by molar-refractivity contribution is 0.752. The van der Waals surface area contributed by atoms with Crippen LogP contribution in [-0.4, -0.2) is 21.3 Å². The summed E-state index contributed by atoms with van der Waals surface area (Å²) in [6.45, 7) is 2.73. The van der Waals surface area contributed by atoms with Crippen LogP contribution in [0.15, 0.2) is 24.3 Å². The Kier molecular flexibility index (Phi) is 3.54. The highest BCUT2D eigenvalue weighted by Gasteiger charge is 2.08. The van der Waals surface area contributed by atoms with Crippen molar-refractivity contribution < 1.29 is 0 Å². The number of hydrogen-bond acceptors (Lipinski definition) is 3. The monoisotopic (exact) mass is 230 g/mol. The van der Waals surface area contributed by atoms with Crippen molar-refractivity contribution >= 4 is 0 Å². The van der Waals surface area contributed by atoms with E-state index in [0.29, 0.717) is 6.54 Å². The molecule has 1 heterocycles. The van der Waals surface area contributed by atoms with Gasteiger partial charge in [-0.3, -0.25) is 0 Å². The van der Waals surface area contributed by atoms with Crippen LogP contribution in [0.2, 0.25) is 0 Å². The van der Waals surface area contributed by atoms with Gasteiger partial charge in [0.25, 0.3) is 0 Å². The van der Waals surface area contributed by atoms with Gasteiger partial charge in [0.05, 0.1) is 0 Å². The lowest BCUT2D eigenvalue weighted by Crippen LogP contribution is -2.03. The third kappa shape index (κ3) is 2.53. The summed E-state index contributed by atoms with van der Waals surface area (Å²) >= 11 is 0. The predicted molar refractivity (Wildman–Crippen MR) is 68.6 cm³/mol. The molecule has 0 radical (unpaired) electrons. The minimum Gasteiger partial charge on any atom is -0.330 e. The molecular formula is C13H18N4. The van der Waals surface area contributed by atoms with Crippen LogP contribution in [-0.2, 0) is 19.9 Å². The van der Waals surface area contributed by atoms with E-state index in [-0.39, 0.29) is 0 Å². The van der Waals surface area contributed by atoms with E-state index in [0.717, 1.165) is 30.1 Å². The van der Waals surface area contributed by atoms with E-state index in [1.54, 1.807) is 0 Å². The maximum Gasteiger partial charge on any atom is 0.158 e. The largest absolute Gasteiger partial charge is 0.330 e. The van der Waals surface area contributed by atoms with Crippen molar-refractivity contribution in [3.63, 3.8) is 0 Å². The van der Waals surface area contributed by atoms with Crippen LogP contribution >= 0.6 is 0 Å². The minimum atomic E-state index is 0.669. The molecule has 4 nitrogen and oxygen atoms in total. The Balaban J connectivity index is 2.37. The molecule has 0 saturated heterocycles. The molecule has 0 aliphatic heterocycles. The average Bonchev–Trinajstić information content (AvgIpc) is 2.71. The Morgan fingerprint density at radius 3 is 2.82 bits per heavy atom. The van der Waals surface area contributed by atoms with E-state index >= 15 is 0 Å². The second-order valence-electron chi connectivity index (χ2n) is 4.07. The van der Waals surface area contributed by atoms with Crippen molar-refractivity contribution in [1.29, 1.82) is 0 Å². The van der Waals surface area contributed by atoms with Gasteiger partial charge in [0.2, 0.25) is 0 Å². The third-order valence-electron chi connectivity index (χ3n) is 2.74. The molecule has 90 valence electrons. The molecule has 0 aliphatic carbocycles. The molecule has 0 bridgehead atoms. The first-order chi connectivity index (χ1) is 8.24. The molecule has 2 rings (SSSR count). The van der Waals surface area contributed by atoms with Gasteiger partial charge in [0.1, 0.15) is 0 Å². The van der Waals surface area contributed by atoms with Crippen molar-refractivity contribution in [2.75, 3.05) is 6.54 Å². The number of rotatable bonds is 4. The SMILES string of the molecule is CCc1nc(-c2cccc(CCN)c2)n(C)n1. The summed E-state index contributed by atoms with van der Waals surface area (Å²) in [5.41, 5.74) is 7.92. The van der Waals surface area contributed by atoms with Gasteiger partial charge in [0, 0.05) is 19.0 Å². The maximum atomic E-state index is 5.57. The molecule has 0 saturated carbocycles. The smallest absolute Gasteiger partial charge is 0.158 e. The van der Waals surface area contributed by atoms with Gasteiger partial charge >= 0.3 is 0 Å². The second kappa shape index (κ2) is 5.10. The Hall–Kier alpha value is -1.68. The summed E-state index contributed by atoms with van der Waals surface area (Å²) in [7, 11) is 1.93. The number of hydrogen-bond donors (Lipinski definition) is 1. The summed E-state index contributed by atoms with van der Waals surface area (Å²) in [5, 5.41) is 4.36. The standard InChI is InChI=1S/C13H18N4/c1-3-12-15-13(17(2)16-12)11-6-4-5-10(9-11)7-8-14/h4-6,9H,3,7-8,14H2,1-2H3. The van der Waals surface area contributed by atoms with Crippen LogP contribution in [0.1, 0.15) is 18.3 Å². The van der Waals surface area contributed by atoms with E-state index in [9.17, 15) is 0 Å². The van der Waals surface area contributed by atoms with Crippen LogP contribution in [0.25, 0.3) is 11.4 Å². The molecule has 0 fully saturated rings. The first-order valence-electron chi connectivity index (χ1n) is 5.94. The summed E-state index contributed by atoms with van der Waals surface area (Å²) in [6, 6.07) is 8.33. The van der Waals surface area contributed by atoms with E-state index in [1.807, 2.05) is 17.8 Å². The number of aryl methyl sites for hydroxylation is 2. The van der Waals surface area contributed by atoms with Gasteiger partial charge in [-0.15, -0.1) is 0 Å². The normalized spacial score (nSPS) is 10.8. The van der Waals surface area contributed by atoms with Gasteiger partial charge in [-0.05, 0) is 24.6 Å². The van der Waals surface area contributed by atoms with Crippen LogP contribution in [0.5, 0.6) is 0 Å². The topological polar surface area (TPSA) is 56.7 Å². The fourth-order valence-electron chi connectivity index (χ4n) is 1.87. The first-order valence-corrected chi connectivity index (χ1v) is 5.94. The molecule has 0 unspecified atom stereocenters. The molecule has 1 aromatic heterocycles. The highest BCUT2D eigenvalue weighted by atomic mass is 15.3. The molecule has 1 aromatic carbocycles. The number of benzene rings is 1. The van der Waals surface area contributed by atoms with Crippen LogP contribution in [0.4, 0.5) is 0 Å². The average molecular weight is 230 g/mol. The second-order valence-corrected chi connectivity index (χ2v) is 4.07. The van der Waals surface area contributed by atoms with E-state index in [2.05, 4.69) is 35.2 Å². The quantitative estimate of drug-likeness (QED) is 0.867. The molecule has 0 amide bonds. The Morgan fingerprint density at radius 2 is 2.18 bits per heavy atom. The van der Waals surface area contributed by atoms with Crippen molar-refractivity contribution in [1.82, 2.24) is 14.8 Å². The molecule has 17 heavy (non-hydrogen) atoms. The summed E-state index contributed by atoms with van der Waals surface area (Å²) in [4.78, 5) is 4.52. The van der Waals surface area contributed by atoms with Crippen molar-refractivity contribution in [2.45, 2.75) is 19.8 Å². The summed E-state index contributed by atoms with van der Waals surface area (Å²) in [5.74, 6) is 1.80.